The fraction of sp³-hybridized carbons (Fsp3) is 0.500. The molecule has 340 valence electrons. The van der Waals surface area contributed by atoms with E-state index >= 15 is 0 Å². The van der Waals surface area contributed by atoms with Gasteiger partial charge in [-0.05, 0) is 118 Å². The maximum atomic E-state index is 14.1. The van der Waals surface area contributed by atoms with Crippen LogP contribution in [0.4, 0.5) is 0 Å². The third-order valence-corrected chi connectivity index (χ3v) is 14.6. The number of hydrogen-bond acceptors (Lipinski definition) is 11. The van der Waals surface area contributed by atoms with Crippen LogP contribution in [0.3, 0.4) is 0 Å². The van der Waals surface area contributed by atoms with Crippen molar-refractivity contribution in [2.45, 2.75) is 114 Å². The second kappa shape index (κ2) is 17.6. The van der Waals surface area contributed by atoms with Gasteiger partial charge in [-0.2, -0.15) is 10.2 Å². The van der Waals surface area contributed by atoms with Gasteiger partial charge in [-0.25, -0.2) is 9.97 Å². The van der Waals surface area contributed by atoms with E-state index < -0.39 is 45.2 Å². The zero-order valence-electron chi connectivity index (χ0n) is 36.6. The summed E-state index contributed by atoms with van der Waals surface area (Å²) >= 11 is 0. The summed E-state index contributed by atoms with van der Waals surface area (Å²) in [6, 6.07) is 8.57. The number of aryl methyl sites for hydroxylation is 2. The van der Waals surface area contributed by atoms with Crippen LogP contribution in [0.1, 0.15) is 109 Å². The number of fused-ring (bicyclic) bond motifs is 17. The van der Waals surface area contributed by atoms with Crippen molar-refractivity contribution in [3.63, 3.8) is 0 Å². The number of aromatic hydroxyl groups is 2. The lowest BCUT2D eigenvalue weighted by Crippen LogP contribution is -2.40. The summed E-state index contributed by atoms with van der Waals surface area (Å²) in [5, 5.41) is 38.9. The second-order valence-electron chi connectivity index (χ2n) is 18.9. The fourth-order valence-corrected chi connectivity index (χ4v) is 11.3. The lowest BCUT2D eigenvalue weighted by Gasteiger charge is -2.34. The van der Waals surface area contributed by atoms with E-state index in [0.717, 1.165) is 98.3 Å². The lowest BCUT2D eigenvalue weighted by molar-refractivity contribution is 0.0918. The third-order valence-electron chi connectivity index (χ3n) is 14.6. The van der Waals surface area contributed by atoms with Crippen LogP contribution in [-0.2, 0) is 41.7 Å². The molecule has 6 aromatic rings. The Kier molecular flexibility index (Phi) is 11.5. The summed E-state index contributed by atoms with van der Waals surface area (Å²) in [4.78, 5) is 64.0. The average molecular weight is 885 g/mol. The number of carbonyl (C=O) groups is 2. The van der Waals surface area contributed by atoms with Gasteiger partial charge in [-0.1, -0.05) is 19.3 Å². The molecule has 10 heterocycles. The highest BCUT2D eigenvalue weighted by atomic mass is 16.5. The van der Waals surface area contributed by atoms with E-state index in [4.69, 9.17) is 14.7 Å². The van der Waals surface area contributed by atoms with Crippen molar-refractivity contribution in [1.29, 1.82) is 0 Å². The van der Waals surface area contributed by atoms with Crippen molar-refractivity contribution in [2.75, 3.05) is 26.3 Å². The number of ether oxygens (including phenoxy) is 1. The summed E-state index contributed by atoms with van der Waals surface area (Å²) in [5.41, 5.74) is 0.499. The summed E-state index contributed by atoms with van der Waals surface area (Å²) < 4.78 is 13.3. The lowest BCUT2D eigenvalue weighted by atomic mass is 9.84. The van der Waals surface area contributed by atoms with Crippen molar-refractivity contribution in [3.05, 3.63) is 104 Å². The van der Waals surface area contributed by atoms with Gasteiger partial charge >= 0.3 is 0 Å². The topological polar surface area (TPSA) is 213 Å². The number of nitrogens with one attached hydrogen (secondary N) is 2. The molecule has 4 aliphatic heterocycles. The molecule has 6 aliphatic rings. The number of aromatic nitrogens is 8. The van der Waals surface area contributed by atoms with Gasteiger partial charge in [-0.3, -0.25) is 28.5 Å². The predicted molar refractivity (Wildman–Crippen MR) is 241 cm³/mol. The van der Waals surface area contributed by atoms with E-state index in [9.17, 15) is 29.4 Å². The van der Waals surface area contributed by atoms with Crippen LogP contribution in [0.15, 0.2) is 71.0 Å². The molecule has 0 aromatic carbocycles. The highest BCUT2D eigenvalue weighted by molar-refractivity contribution is 5.92. The van der Waals surface area contributed by atoms with Gasteiger partial charge in [0.1, 0.15) is 11.3 Å². The van der Waals surface area contributed by atoms with Crippen LogP contribution in [0.2, 0.25) is 0 Å². The number of pyridine rings is 2. The molecule has 3 atom stereocenters. The van der Waals surface area contributed by atoms with Crippen molar-refractivity contribution in [1.82, 2.24) is 49.3 Å². The Balaban J connectivity index is 0.999. The van der Waals surface area contributed by atoms with E-state index in [-0.39, 0.29) is 42.9 Å². The van der Waals surface area contributed by atoms with Crippen LogP contribution in [0, 0.1) is 11.8 Å². The van der Waals surface area contributed by atoms with E-state index in [1.807, 2.05) is 18.6 Å². The SMILES string of the molecule is O=C1NCC(C2CCC3(C2)Cn2cc(O)c(=O)c(n2)C(=O)NCCCOCCCc2cnc4c(ccn43)c2)CCCCc2cnc3c(ccn3C3(CCCC3)Cn3cc(O)c(=O)c1n3)c2. The Hall–Kier alpha value is -6.36. The number of rotatable bonds is 1. The molecule has 2 spiro atoms. The van der Waals surface area contributed by atoms with Gasteiger partial charge in [0.15, 0.2) is 22.9 Å². The number of carbonyl (C=O) groups excluding carboxylic acids is 2. The van der Waals surface area contributed by atoms with Crippen molar-refractivity contribution >= 4 is 33.9 Å². The fourth-order valence-electron chi connectivity index (χ4n) is 11.3. The van der Waals surface area contributed by atoms with Gasteiger partial charge in [0.25, 0.3) is 22.7 Å². The minimum atomic E-state index is -0.840. The molecule has 2 saturated carbocycles. The molecule has 2 fully saturated rings. The molecule has 17 heteroatoms. The molecule has 2 amide bonds. The van der Waals surface area contributed by atoms with Crippen molar-refractivity contribution in [2.24, 2.45) is 11.8 Å². The van der Waals surface area contributed by atoms with Gasteiger partial charge in [0.05, 0.1) is 36.6 Å². The van der Waals surface area contributed by atoms with Crippen LogP contribution in [0.25, 0.3) is 22.1 Å². The van der Waals surface area contributed by atoms with E-state index in [0.29, 0.717) is 39.0 Å². The zero-order valence-corrected chi connectivity index (χ0v) is 36.6. The van der Waals surface area contributed by atoms with Gasteiger partial charge in [0, 0.05) is 61.9 Å². The molecular weight excluding hydrogens is 829 g/mol. The molecule has 0 radical (unpaired) electrons. The highest BCUT2D eigenvalue weighted by Crippen LogP contribution is 2.47. The zero-order chi connectivity index (χ0) is 44.7. The van der Waals surface area contributed by atoms with E-state index in [2.05, 4.69) is 60.4 Å². The Bertz CT molecular complexity index is 2890. The molecule has 2 aliphatic carbocycles. The Morgan fingerprint density at radius 1 is 0.646 bits per heavy atom. The first-order chi connectivity index (χ1) is 31.6. The third kappa shape index (κ3) is 8.30. The molecule has 4 N–H and O–H groups in total. The average Bonchev–Trinajstić information content (AvgIpc) is 4.13. The molecule has 17 nitrogen and oxygen atoms in total. The maximum absolute atomic E-state index is 14.1. The van der Waals surface area contributed by atoms with E-state index in [1.165, 1.54) is 22.6 Å². The van der Waals surface area contributed by atoms with Crippen LogP contribution >= 0.6 is 0 Å². The molecular formula is C48H56N10O7. The summed E-state index contributed by atoms with van der Waals surface area (Å²) in [7, 11) is 0. The quantitative estimate of drug-likeness (QED) is 0.174. The van der Waals surface area contributed by atoms with Gasteiger partial charge in [0.2, 0.25) is 0 Å². The Morgan fingerprint density at radius 3 is 1.89 bits per heavy atom. The first-order valence-electron chi connectivity index (χ1n) is 23.3. The molecule has 6 aromatic heterocycles. The first kappa shape index (κ1) is 42.6. The number of nitrogens with zero attached hydrogens (tertiary/aromatic N) is 8. The number of amides is 2. The summed E-state index contributed by atoms with van der Waals surface area (Å²) in [6.07, 6.45) is 22.1. The number of hydrogen-bond donors (Lipinski definition) is 4. The minimum absolute atomic E-state index is 0.0227. The first-order valence-corrected chi connectivity index (χ1v) is 23.3. The molecule has 12 rings (SSSR count). The van der Waals surface area contributed by atoms with Gasteiger partial charge in [-0.15, -0.1) is 0 Å². The Labute approximate surface area is 374 Å². The minimum Gasteiger partial charge on any atom is -0.503 e. The summed E-state index contributed by atoms with van der Waals surface area (Å²) in [5.74, 6) is -2.34. The monoisotopic (exact) mass is 884 g/mol. The van der Waals surface area contributed by atoms with Crippen LogP contribution in [-0.4, -0.2) is 87.0 Å². The predicted octanol–water partition coefficient (Wildman–Crippen LogP) is 4.93. The molecule has 3 unspecified atom stereocenters. The largest absolute Gasteiger partial charge is 0.503 e. The normalized spacial score (nSPS) is 23.4. The van der Waals surface area contributed by atoms with E-state index in [1.54, 1.807) is 4.68 Å². The summed E-state index contributed by atoms with van der Waals surface area (Å²) in [6.45, 7) is 2.14. The van der Waals surface area contributed by atoms with Crippen LogP contribution < -0.4 is 21.5 Å². The van der Waals surface area contributed by atoms with Crippen LogP contribution in [0.5, 0.6) is 11.5 Å². The molecule has 12 bridgehead atoms. The standard InChI is InChI=1S/C48H56N10O7/c59-37-27-55-29-47(13-3-4-14-47)57-17-11-33-21-31(24-50-43(33)57)7-1-2-9-36(26-52-46(64)40(54-55)42(37)62)35-10-15-48(23-35)30-56-28-38(60)41(61)39(53-56)45(63)49-16-6-20-65-19-5-8-32-22-34-12-18-58(48)44(34)51-25-32/h11-12,17-18,21-22,24-25,27-28,35-36,59-60H,1-10,13-16,19-20,23,26,29-30H2,(H,49,63)(H,52,64). The highest BCUT2D eigenvalue weighted by Gasteiger charge is 2.45. The molecule has 65 heavy (non-hydrogen) atoms. The molecule has 0 saturated heterocycles. The maximum Gasteiger partial charge on any atom is 0.275 e. The Morgan fingerprint density at radius 2 is 1.23 bits per heavy atom. The second-order valence-corrected chi connectivity index (χ2v) is 18.9. The van der Waals surface area contributed by atoms with Crippen molar-refractivity contribution in [3.8, 4) is 11.5 Å². The van der Waals surface area contributed by atoms with Gasteiger partial charge < -0.3 is 34.7 Å². The smallest absolute Gasteiger partial charge is 0.275 e. The van der Waals surface area contributed by atoms with Crippen molar-refractivity contribution < 1.29 is 24.5 Å².